The van der Waals surface area contributed by atoms with Crippen molar-refractivity contribution in [2.45, 2.75) is 25.2 Å². The minimum atomic E-state index is -2.72. The Morgan fingerprint density at radius 1 is 1.44 bits per heavy atom. The van der Waals surface area contributed by atoms with Crippen molar-refractivity contribution in [1.82, 2.24) is 24.8 Å². The van der Waals surface area contributed by atoms with E-state index in [1.54, 1.807) is 0 Å². The van der Waals surface area contributed by atoms with E-state index in [0.717, 1.165) is 17.4 Å². The number of anilines is 1. The molecule has 1 saturated carbocycles. The molecule has 0 spiro atoms. The highest BCUT2D eigenvalue weighted by atomic mass is 19.3. The highest BCUT2D eigenvalue weighted by Gasteiger charge is 2.29. The van der Waals surface area contributed by atoms with Crippen molar-refractivity contribution in [2.24, 2.45) is 0 Å². The normalized spacial score (nSPS) is 14.2. The maximum atomic E-state index is 13.4. The quantitative estimate of drug-likeness (QED) is 0.738. The Morgan fingerprint density at radius 3 is 2.92 bits per heavy atom. The predicted octanol–water partition coefficient (Wildman–Crippen LogP) is 2.53. The van der Waals surface area contributed by atoms with Crippen molar-refractivity contribution in [1.29, 1.82) is 0 Å². The van der Waals surface area contributed by atoms with Crippen molar-refractivity contribution in [2.75, 3.05) is 12.4 Å². The number of carbonyl (C=O) groups excluding carboxylic acids is 1. The molecule has 10 heteroatoms. The molecule has 2 N–H and O–H groups in total. The number of ether oxygens (including phenoxy) is 1. The highest BCUT2D eigenvalue weighted by Crippen LogP contribution is 2.40. The molecule has 1 aliphatic rings. The van der Waals surface area contributed by atoms with E-state index in [2.05, 4.69) is 25.6 Å². The molecule has 0 aromatic carbocycles. The van der Waals surface area contributed by atoms with Crippen LogP contribution in [0.5, 0.6) is 5.75 Å². The minimum Gasteiger partial charge on any atom is -0.491 e. The maximum absolute atomic E-state index is 13.4. The average molecular weight is 348 g/mol. The summed E-state index contributed by atoms with van der Waals surface area (Å²) in [5, 5.41) is 12.9. The van der Waals surface area contributed by atoms with Crippen molar-refractivity contribution >= 4 is 17.4 Å². The third-order valence-corrected chi connectivity index (χ3v) is 4.05. The molecule has 0 unspecified atom stereocenters. The molecular weight excluding hydrogens is 334 g/mol. The number of halogens is 2. The van der Waals surface area contributed by atoms with E-state index < -0.39 is 12.3 Å². The van der Waals surface area contributed by atoms with E-state index in [4.69, 9.17) is 4.74 Å². The lowest BCUT2D eigenvalue weighted by Crippen LogP contribution is -2.14. The van der Waals surface area contributed by atoms with Crippen LogP contribution in [0.1, 0.15) is 46.9 Å². The summed E-state index contributed by atoms with van der Waals surface area (Å²) in [5.74, 6) is 0.239. The molecule has 0 atom stereocenters. The molecule has 1 amide bonds. The fraction of sp³-hybridized carbons (Fsp3) is 0.333. The number of aromatic nitrogens is 5. The van der Waals surface area contributed by atoms with Gasteiger partial charge in [-0.25, -0.2) is 18.3 Å². The van der Waals surface area contributed by atoms with Crippen LogP contribution in [0.25, 0.3) is 5.65 Å². The second-order valence-electron chi connectivity index (χ2n) is 5.74. The van der Waals surface area contributed by atoms with Crippen LogP contribution in [0.3, 0.4) is 0 Å². The SMILES string of the molecule is COc1cn[nH]c1NC(=O)c1cnn2c(C(F)F)cc(C3CC3)nc12. The van der Waals surface area contributed by atoms with Crippen molar-refractivity contribution in [3.63, 3.8) is 0 Å². The molecule has 3 aromatic rings. The summed E-state index contributed by atoms with van der Waals surface area (Å²) in [5.41, 5.74) is 0.498. The van der Waals surface area contributed by atoms with Gasteiger partial charge in [0.15, 0.2) is 17.2 Å². The van der Waals surface area contributed by atoms with Crippen LogP contribution in [-0.2, 0) is 0 Å². The van der Waals surface area contributed by atoms with Gasteiger partial charge in [-0.15, -0.1) is 0 Å². The standard InChI is InChI=1S/C15H14F2N6O2/c1-25-11-6-18-22-13(11)21-15(24)8-5-19-23-10(12(16)17)4-9(7-2-3-7)20-14(8)23/h4-7,12H,2-3H2,1H3,(H2,18,21,22,24). The summed E-state index contributed by atoms with van der Waals surface area (Å²) in [6.07, 6.45) is 1.74. The number of nitrogens with zero attached hydrogens (tertiary/aromatic N) is 4. The molecule has 0 radical (unpaired) electrons. The fourth-order valence-electron chi connectivity index (χ4n) is 2.61. The number of methoxy groups -OCH3 is 1. The molecule has 3 heterocycles. The molecule has 25 heavy (non-hydrogen) atoms. The first-order valence-corrected chi connectivity index (χ1v) is 7.64. The summed E-state index contributed by atoms with van der Waals surface area (Å²) in [7, 11) is 1.44. The molecule has 0 saturated heterocycles. The third kappa shape index (κ3) is 2.69. The van der Waals surface area contributed by atoms with E-state index in [1.807, 2.05) is 0 Å². The molecule has 130 valence electrons. The first kappa shape index (κ1) is 15.5. The van der Waals surface area contributed by atoms with Crippen molar-refractivity contribution in [3.05, 3.63) is 35.4 Å². The molecule has 4 rings (SSSR count). The van der Waals surface area contributed by atoms with Crippen LogP contribution in [-0.4, -0.2) is 37.8 Å². The Bertz CT molecular complexity index is 947. The van der Waals surface area contributed by atoms with E-state index in [1.165, 1.54) is 25.6 Å². The number of rotatable bonds is 5. The Balaban J connectivity index is 1.75. The van der Waals surface area contributed by atoms with Crippen LogP contribution in [0.2, 0.25) is 0 Å². The summed E-state index contributed by atoms with van der Waals surface area (Å²) >= 11 is 0. The second kappa shape index (κ2) is 5.80. The van der Waals surface area contributed by atoms with Gasteiger partial charge in [-0.1, -0.05) is 0 Å². The Hall–Kier alpha value is -3.04. The first-order valence-electron chi connectivity index (χ1n) is 7.64. The zero-order chi connectivity index (χ0) is 17.6. The van der Waals surface area contributed by atoms with E-state index in [0.29, 0.717) is 11.4 Å². The van der Waals surface area contributed by atoms with Gasteiger partial charge < -0.3 is 10.1 Å². The fourth-order valence-corrected chi connectivity index (χ4v) is 2.61. The predicted molar refractivity (Wildman–Crippen MR) is 83.0 cm³/mol. The lowest BCUT2D eigenvalue weighted by Gasteiger charge is -2.08. The monoisotopic (exact) mass is 348 g/mol. The van der Waals surface area contributed by atoms with Gasteiger partial charge in [0.1, 0.15) is 11.3 Å². The molecule has 0 bridgehead atoms. The number of carbonyl (C=O) groups is 1. The average Bonchev–Trinajstić information content (AvgIpc) is 3.21. The third-order valence-electron chi connectivity index (χ3n) is 4.05. The van der Waals surface area contributed by atoms with Crippen LogP contribution in [0.15, 0.2) is 18.5 Å². The molecule has 1 aliphatic carbocycles. The topological polar surface area (TPSA) is 97.2 Å². The summed E-state index contributed by atoms with van der Waals surface area (Å²) in [6, 6.07) is 1.36. The van der Waals surface area contributed by atoms with Crippen LogP contribution in [0, 0.1) is 0 Å². The van der Waals surface area contributed by atoms with E-state index in [9.17, 15) is 13.6 Å². The summed E-state index contributed by atoms with van der Waals surface area (Å²) in [6.45, 7) is 0. The number of hydrogen-bond acceptors (Lipinski definition) is 5. The number of hydrogen-bond donors (Lipinski definition) is 2. The number of alkyl halides is 2. The number of amides is 1. The zero-order valence-corrected chi connectivity index (χ0v) is 13.2. The molecular formula is C15H14F2N6O2. The first-order chi connectivity index (χ1) is 12.1. The van der Waals surface area contributed by atoms with Gasteiger partial charge in [0.25, 0.3) is 12.3 Å². The van der Waals surface area contributed by atoms with Crippen molar-refractivity contribution in [3.8, 4) is 5.75 Å². The van der Waals surface area contributed by atoms with Crippen LogP contribution >= 0.6 is 0 Å². The Labute approximate surface area is 140 Å². The van der Waals surface area contributed by atoms with Gasteiger partial charge in [0, 0.05) is 11.6 Å². The maximum Gasteiger partial charge on any atom is 0.280 e. The lowest BCUT2D eigenvalue weighted by molar-refractivity contribution is 0.102. The van der Waals surface area contributed by atoms with Gasteiger partial charge in [0.2, 0.25) is 0 Å². The number of aromatic amines is 1. The highest BCUT2D eigenvalue weighted by molar-refractivity contribution is 6.08. The molecule has 0 aliphatic heterocycles. The van der Waals surface area contributed by atoms with Gasteiger partial charge in [-0.2, -0.15) is 10.2 Å². The number of nitrogens with one attached hydrogen (secondary N) is 2. The summed E-state index contributed by atoms with van der Waals surface area (Å²) in [4.78, 5) is 16.9. The van der Waals surface area contributed by atoms with Gasteiger partial charge in [-0.3, -0.25) is 9.89 Å². The van der Waals surface area contributed by atoms with Crippen molar-refractivity contribution < 1.29 is 18.3 Å². The zero-order valence-electron chi connectivity index (χ0n) is 13.2. The van der Waals surface area contributed by atoms with Crippen LogP contribution in [0.4, 0.5) is 14.6 Å². The number of fused-ring (bicyclic) bond motifs is 1. The lowest BCUT2D eigenvalue weighted by atomic mass is 10.2. The van der Waals surface area contributed by atoms with Gasteiger partial charge in [0.05, 0.1) is 19.5 Å². The minimum absolute atomic E-state index is 0.0982. The van der Waals surface area contributed by atoms with Gasteiger partial charge >= 0.3 is 0 Å². The Kier molecular flexibility index (Phi) is 3.59. The van der Waals surface area contributed by atoms with E-state index >= 15 is 0 Å². The second-order valence-corrected chi connectivity index (χ2v) is 5.74. The van der Waals surface area contributed by atoms with Crippen LogP contribution < -0.4 is 10.1 Å². The largest absolute Gasteiger partial charge is 0.491 e. The molecule has 1 fully saturated rings. The van der Waals surface area contributed by atoms with Gasteiger partial charge in [-0.05, 0) is 18.9 Å². The number of H-pyrrole nitrogens is 1. The van der Waals surface area contributed by atoms with E-state index in [-0.39, 0.29) is 28.6 Å². The summed E-state index contributed by atoms with van der Waals surface area (Å²) < 4.78 is 32.8. The Morgan fingerprint density at radius 2 is 2.24 bits per heavy atom. The molecule has 8 nitrogen and oxygen atoms in total. The smallest absolute Gasteiger partial charge is 0.280 e. The molecule has 3 aromatic heterocycles.